The lowest BCUT2D eigenvalue weighted by Gasteiger charge is -2.28. The molecule has 0 aliphatic carbocycles. The van der Waals surface area contributed by atoms with E-state index in [-0.39, 0.29) is 25.5 Å². The molecule has 3 heterocycles. The van der Waals surface area contributed by atoms with Crippen LogP contribution in [-0.4, -0.2) is 89.4 Å². The Morgan fingerprint density at radius 3 is 2.69 bits per heavy atom. The fourth-order valence-electron chi connectivity index (χ4n) is 3.75. The normalized spacial score (nSPS) is 18.3. The molecule has 2 aliphatic heterocycles. The standard InChI is InChI=1S/C23H25FN6O6/c1-14(32)25-10-17-11-29(23(35)36-17)16-3-4-18(19(24)8-16)15-2-5-21(26-9-15)28-6-7-30(27-13-28)22(34)20(33)12-31/h2-5,8-9,13,17,20,31,33H,6-7,10-12H2,1H3,(H,25,32)/t17-,20?/m0/s1. The fraction of sp³-hybridized carbons (Fsp3) is 0.348. The van der Waals surface area contributed by atoms with E-state index in [1.165, 1.54) is 30.4 Å². The third-order valence-corrected chi connectivity index (χ3v) is 5.67. The van der Waals surface area contributed by atoms with Crippen LogP contribution in [0.25, 0.3) is 11.1 Å². The fourth-order valence-corrected chi connectivity index (χ4v) is 3.75. The maximum Gasteiger partial charge on any atom is 0.414 e. The molecule has 2 aromatic rings. The lowest BCUT2D eigenvalue weighted by atomic mass is 10.1. The number of aliphatic hydroxyl groups is 2. The van der Waals surface area contributed by atoms with Gasteiger partial charge in [-0.1, -0.05) is 0 Å². The van der Waals surface area contributed by atoms with Crippen molar-refractivity contribution < 1.29 is 33.7 Å². The number of hydrazone groups is 1. The summed E-state index contributed by atoms with van der Waals surface area (Å²) in [5.74, 6) is -0.946. The van der Waals surface area contributed by atoms with Crippen molar-refractivity contribution in [2.24, 2.45) is 5.10 Å². The maximum atomic E-state index is 15.0. The number of halogens is 1. The van der Waals surface area contributed by atoms with Crippen LogP contribution in [0.15, 0.2) is 41.6 Å². The Kier molecular flexibility index (Phi) is 7.41. The molecule has 1 fully saturated rings. The molecule has 1 unspecified atom stereocenters. The minimum Gasteiger partial charge on any atom is -0.442 e. The van der Waals surface area contributed by atoms with Crippen LogP contribution >= 0.6 is 0 Å². The molecule has 3 amide bonds. The second kappa shape index (κ2) is 10.7. The van der Waals surface area contributed by atoms with E-state index in [0.717, 1.165) is 5.01 Å². The molecule has 1 saturated heterocycles. The lowest BCUT2D eigenvalue weighted by Crippen LogP contribution is -2.45. The maximum absolute atomic E-state index is 15.0. The van der Waals surface area contributed by atoms with Gasteiger partial charge in [-0.05, 0) is 30.3 Å². The zero-order chi connectivity index (χ0) is 25.8. The Labute approximate surface area is 205 Å². The molecule has 0 saturated carbocycles. The van der Waals surface area contributed by atoms with Crippen LogP contribution in [-0.2, 0) is 14.3 Å². The molecule has 2 aliphatic rings. The highest BCUT2D eigenvalue weighted by Gasteiger charge is 2.32. The number of pyridine rings is 1. The number of benzene rings is 1. The molecule has 12 nitrogen and oxygen atoms in total. The van der Waals surface area contributed by atoms with Gasteiger partial charge in [0.1, 0.15) is 24.1 Å². The molecule has 0 spiro atoms. The third kappa shape index (κ3) is 5.42. The van der Waals surface area contributed by atoms with Crippen molar-refractivity contribution in [3.05, 3.63) is 42.3 Å². The van der Waals surface area contributed by atoms with Crippen LogP contribution < -0.4 is 15.1 Å². The average Bonchev–Trinajstić information content (AvgIpc) is 3.27. The molecular weight excluding hydrogens is 475 g/mol. The van der Waals surface area contributed by atoms with Gasteiger partial charge in [0.2, 0.25) is 5.91 Å². The van der Waals surface area contributed by atoms with Crippen molar-refractivity contribution in [3.63, 3.8) is 0 Å². The van der Waals surface area contributed by atoms with Crippen molar-refractivity contribution in [2.75, 3.05) is 42.6 Å². The zero-order valence-corrected chi connectivity index (χ0v) is 19.4. The summed E-state index contributed by atoms with van der Waals surface area (Å²) in [5, 5.41) is 26.0. The van der Waals surface area contributed by atoms with Gasteiger partial charge in [0.05, 0.1) is 31.9 Å². The third-order valence-electron chi connectivity index (χ3n) is 5.67. The van der Waals surface area contributed by atoms with Crippen molar-refractivity contribution in [1.82, 2.24) is 15.3 Å². The predicted molar refractivity (Wildman–Crippen MR) is 127 cm³/mol. The van der Waals surface area contributed by atoms with Gasteiger partial charge in [-0.15, -0.1) is 0 Å². The largest absolute Gasteiger partial charge is 0.442 e. The number of rotatable bonds is 7. The molecule has 0 bridgehead atoms. The molecule has 2 atom stereocenters. The Morgan fingerprint density at radius 2 is 2.08 bits per heavy atom. The summed E-state index contributed by atoms with van der Waals surface area (Å²) >= 11 is 0. The highest BCUT2D eigenvalue weighted by atomic mass is 19.1. The van der Waals surface area contributed by atoms with Crippen LogP contribution in [0.1, 0.15) is 6.92 Å². The summed E-state index contributed by atoms with van der Waals surface area (Å²) in [5.41, 5.74) is 1.15. The molecule has 36 heavy (non-hydrogen) atoms. The minimum atomic E-state index is -1.52. The van der Waals surface area contributed by atoms with Gasteiger partial charge >= 0.3 is 6.09 Å². The SMILES string of the molecule is CC(=O)NC[C@H]1CN(c2ccc(-c3ccc(N4C=NN(C(=O)C(O)CO)CC4)nc3)c(F)c2)C(=O)O1. The van der Waals surface area contributed by atoms with E-state index in [4.69, 9.17) is 9.84 Å². The number of hydrogen-bond donors (Lipinski definition) is 3. The second-order valence-electron chi connectivity index (χ2n) is 8.21. The van der Waals surface area contributed by atoms with Gasteiger partial charge in [0.25, 0.3) is 5.91 Å². The van der Waals surface area contributed by atoms with Gasteiger partial charge in [0.15, 0.2) is 6.10 Å². The molecule has 13 heteroatoms. The van der Waals surface area contributed by atoms with E-state index in [1.807, 2.05) is 0 Å². The molecule has 1 aromatic heterocycles. The van der Waals surface area contributed by atoms with E-state index in [0.29, 0.717) is 29.2 Å². The number of amides is 3. The Hall–Kier alpha value is -4.10. The van der Waals surface area contributed by atoms with Crippen molar-refractivity contribution >= 4 is 35.8 Å². The minimum absolute atomic E-state index is 0.177. The highest BCUT2D eigenvalue weighted by Crippen LogP contribution is 2.29. The molecule has 4 rings (SSSR count). The number of carbonyl (C=O) groups is 3. The lowest BCUT2D eigenvalue weighted by molar-refractivity contribution is -0.142. The van der Waals surface area contributed by atoms with Crippen molar-refractivity contribution in [2.45, 2.75) is 19.1 Å². The molecule has 3 N–H and O–H groups in total. The molecule has 0 radical (unpaired) electrons. The number of anilines is 2. The van der Waals surface area contributed by atoms with Crippen LogP contribution in [0.4, 0.5) is 20.7 Å². The number of ether oxygens (including phenoxy) is 1. The Bertz CT molecular complexity index is 1180. The smallest absolute Gasteiger partial charge is 0.414 e. The summed E-state index contributed by atoms with van der Waals surface area (Å²) in [6.07, 6.45) is 0.231. The van der Waals surface area contributed by atoms with E-state index < -0.39 is 36.6 Å². The van der Waals surface area contributed by atoms with Crippen molar-refractivity contribution in [1.29, 1.82) is 0 Å². The second-order valence-corrected chi connectivity index (χ2v) is 8.21. The first-order valence-corrected chi connectivity index (χ1v) is 11.2. The first kappa shape index (κ1) is 25.0. The number of aromatic nitrogens is 1. The number of cyclic esters (lactones) is 1. The van der Waals surface area contributed by atoms with Gasteiger partial charge in [-0.25, -0.2) is 19.2 Å². The summed E-state index contributed by atoms with van der Waals surface area (Å²) < 4.78 is 20.2. The summed E-state index contributed by atoms with van der Waals surface area (Å²) in [7, 11) is 0. The molecule has 190 valence electrons. The van der Waals surface area contributed by atoms with E-state index in [9.17, 15) is 23.9 Å². The first-order chi connectivity index (χ1) is 17.3. The van der Waals surface area contributed by atoms with E-state index in [2.05, 4.69) is 15.4 Å². The Morgan fingerprint density at radius 1 is 1.28 bits per heavy atom. The number of nitrogens with zero attached hydrogens (tertiary/aromatic N) is 5. The quantitative estimate of drug-likeness (QED) is 0.492. The van der Waals surface area contributed by atoms with Gasteiger partial charge in [-0.2, -0.15) is 5.10 Å². The number of aliphatic hydroxyl groups excluding tert-OH is 2. The van der Waals surface area contributed by atoms with Crippen LogP contribution in [0.3, 0.4) is 0 Å². The summed E-state index contributed by atoms with van der Waals surface area (Å²) in [6.45, 7) is 1.60. The average molecular weight is 500 g/mol. The molecular formula is C23H25FN6O6. The molecule has 1 aromatic carbocycles. The van der Waals surface area contributed by atoms with Crippen molar-refractivity contribution in [3.8, 4) is 11.1 Å². The van der Waals surface area contributed by atoms with Crippen LogP contribution in [0.2, 0.25) is 0 Å². The predicted octanol–water partition coefficient (Wildman–Crippen LogP) is 0.294. The van der Waals surface area contributed by atoms with E-state index >= 15 is 0 Å². The van der Waals surface area contributed by atoms with Gasteiger partial charge < -0.3 is 25.2 Å². The number of carbonyl (C=O) groups excluding carboxylic acids is 3. The topological polar surface area (TPSA) is 148 Å². The van der Waals surface area contributed by atoms with Crippen LogP contribution in [0.5, 0.6) is 0 Å². The number of nitrogens with one attached hydrogen (secondary N) is 1. The van der Waals surface area contributed by atoms with Gasteiger partial charge in [0, 0.05) is 30.8 Å². The monoisotopic (exact) mass is 500 g/mol. The van der Waals surface area contributed by atoms with Gasteiger partial charge in [-0.3, -0.25) is 14.5 Å². The summed E-state index contributed by atoms with van der Waals surface area (Å²) in [4.78, 5) is 42.5. The highest BCUT2D eigenvalue weighted by molar-refractivity contribution is 5.90. The van der Waals surface area contributed by atoms with Crippen LogP contribution in [0, 0.1) is 5.82 Å². The first-order valence-electron chi connectivity index (χ1n) is 11.2. The zero-order valence-electron chi connectivity index (χ0n) is 19.4. The Balaban J connectivity index is 1.42. The van der Waals surface area contributed by atoms with E-state index in [1.54, 1.807) is 29.2 Å². The number of hydrogen-bond acceptors (Lipinski definition) is 9. The summed E-state index contributed by atoms with van der Waals surface area (Å²) in [6, 6.07) is 7.77.